The number of carbonyl (C=O) groups is 1. The first-order valence-corrected chi connectivity index (χ1v) is 6.29. The van der Waals surface area contributed by atoms with Crippen molar-refractivity contribution < 1.29 is 23.4 Å². The molecule has 0 atom stereocenters. The van der Waals surface area contributed by atoms with Crippen LogP contribution in [0.1, 0.15) is 12.8 Å². The molecule has 20 heavy (non-hydrogen) atoms. The molecule has 1 saturated heterocycles. The van der Waals surface area contributed by atoms with E-state index in [4.69, 9.17) is 4.74 Å². The number of carbonyl (C=O) groups excluding carboxylic acids is 1. The third-order valence-electron chi connectivity index (χ3n) is 3.18. The SMILES string of the molecule is O=C(NCC1(O)CCOCC1)Nc1ccc(F)c(F)c1. The van der Waals surface area contributed by atoms with Crippen LogP contribution in [0.25, 0.3) is 0 Å². The molecule has 3 N–H and O–H groups in total. The smallest absolute Gasteiger partial charge is 0.319 e. The highest BCUT2D eigenvalue weighted by atomic mass is 19.2. The normalized spacial score (nSPS) is 17.6. The van der Waals surface area contributed by atoms with E-state index in [1.54, 1.807) is 0 Å². The molecule has 1 aliphatic heterocycles. The topological polar surface area (TPSA) is 70.6 Å². The monoisotopic (exact) mass is 286 g/mol. The zero-order valence-corrected chi connectivity index (χ0v) is 10.8. The van der Waals surface area contributed by atoms with E-state index in [9.17, 15) is 18.7 Å². The summed E-state index contributed by atoms with van der Waals surface area (Å²) >= 11 is 0. The minimum atomic E-state index is -1.04. The fraction of sp³-hybridized carbons (Fsp3) is 0.462. The van der Waals surface area contributed by atoms with Crippen LogP contribution in [0.15, 0.2) is 18.2 Å². The lowest BCUT2D eigenvalue weighted by molar-refractivity contribution is -0.0598. The molecule has 0 aromatic heterocycles. The van der Waals surface area contributed by atoms with Crippen LogP contribution in [0.2, 0.25) is 0 Å². The van der Waals surface area contributed by atoms with Crippen molar-refractivity contribution in [1.82, 2.24) is 5.32 Å². The first kappa shape index (κ1) is 14.7. The number of urea groups is 1. The summed E-state index contributed by atoms with van der Waals surface area (Å²) in [7, 11) is 0. The number of benzene rings is 1. The van der Waals surface area contributed by atoms with Crippen LogP contribution < -0.4 is 10.6 Å². The second-order valence-corrected chi connectivity index (χ2v) is 4.77. The Kier molecular flexibility index (Phi) is 4.51. The Balaban J connectivity index is 1.84. The molecule has 1 aromatic rings. The van der Waals surface area contributed by atoms with Gasteiger partial charge in [-0.2, -0.15) is 0 Å². The quantitative estimate of drug-likeness (QED) is 0.791. The van der Waals surface area contributed by atoms with Crippen LogP contribution in [0.3, 0.4) is 0 Å². The van der Waals surface area contributed by atoms with E-state index in [2.05, 4.69) is 10.6 Å². The molecule has 0 aliphatic carbocycles. The first-order chi connectivity index (χ1) is 9.48. The van der Waals surface area contributed by atoms with Crippen LogP contribution in [-0.4, -0.2) is 36.5 Å². The Hall–Kier alpha value is -1.73. The molecule has 1 fully saturated rings. The molecule has 2 amide bonds. The van der Waals surface area contributed by atoms with Crippen molar-refractivity contribution >= 4 is 11.7 Å². The number of hydrogen-bond donors (Lipinski definition) is 3. The lowest BCUT2D eigenvalue weighted by Crippen LogP contribution is -2.47. The van der Waals surface area contributed by atoms with E-state index < -0.39 is 23.3 Å². The van der Waals surface area contributed by atoms with Gasteiger partial charge in [0.2, 0.25) is 0 Å². The van der Waals surface area contributed by atoms with E-state index in [0.29, 0.717) is 26.1 Å². The van der Waals surface area contributed by atoms with Crippen LogP contribution in [0, 0.1) is 11.6 Å². The van der Waals surface area contributed by atoms with Gasteiger partial charge >= 0.3 is 6.03 Å². The van der Waals surface area contributed by atoms with Crippen molar-refractivity contribution in [2.75, 3.05) is 25.1 Å². The number of amides is 2. The van der Waals surface area contributed by atoms with Gasteiger partial charge in [0.25, 0.3) is 0 Å². The van der Waals surface area contributed by atoms with Gasteiger partial charge in [0.15, 0.2) is 11.6 Å². The van der Waals surface area contributed by atoms with Gasteiger partial charge in [0.1, 0.15) is 0 Å². The zero-order chi connectivity index (χ0) is 14.6. The summed E-state index contributed by atoms with van der Waals surface area (Å²) in [6.45, 7) is 0.970. The molecular formula is C13H16F2N2O3. The Morgan fingerprint density at radius 1 is 1.30 bits per heavy atom. The molecule has 0 saturated carbocycles. The minimum absolute atomic E-state index is 0.0753. The molecular weight excluding hydrogens is 270 g/mol. The molecule has 2 rings (SSSR count). The number of nitrogens with one attached hydrogen (secondary N) is 2. The van der Waals surface area contributed by atoms with Crippen LogP contribution in [0.5, 0.6) is 0 Å². The third kappa shape index (κ3) is 3.88. The molecule has 0 spiro atoms. The molecule has 0 radical (unpaired) electrons. The number of halogens is 2. The van der Waals surface area contributed by atoms with Crippen molar-refractivity contribution in [3.63, 3.8) is 0 Å². The summed E-state index contributed by atoms with van der Waals surface area (Å²) in [5.74, 6) is -2.02. The van der Waals surface area contributed by atoms with Gasteiger partial charge in [-0.3, -0.25) is 0 Å². The highest BCUT2D eigenvalue weighted by Crippen LogP contribution is 2.19. The number of aliphatic hydroxyl groups is 1. The molecule has 7 heteroatoms. The van der Waals surface area contributed by atoms with E-state index in [1.165, 1.54) is 6.07 Å². The van der Waals surface area contributed by atoms with Gasteiger partial charge in [-0.1, -0.05) is 0 Å². The molecule has 0 bridgehead atoms. The van der Waals surface area contributed by atoms with Crippen molar-refractivity contribution in [1.29, 1.82) is 0 Å². The Morgan fingerprint density at radius 2 is 2.00 bits per heavy atom. The molecule has 1 heterocycles. The largest absolute Gasteiger partial charge is 0.388 e. The predicted molar refractivity (Wildman–Crippen MR) is 68.4 cm³/mol. The predicted octanol–water partition coefficient (Wildman–Crippen LogP) is 1.63. The Labute approximate surface area is 114 Å². The minimum Gasteiger partial charge on any atom is -0.388 e. The van der Waals surface area contributed by atoms with Crippen LogP contribution >= 0.6 is 0 Å². The van der Waals surface area contributed by atoms with Crippen molar-refractivity contribution in [2.24, 2.45) is 0 Å². The fourth-order valence-electron chi connectivity index (χ4n) is 1.92. The maximum Gasteiger partial charge on any atom is 0.319 e. The van der Waals surface area contributed by atoms with E-state index in [1.807, 2.05) is 0 Å². The van der Waals surface area contributed by atoms with Crippen LogP contribution in [0.4, 0.5) is 19.3 Å². The van der Waals surface area contributed by atoms with Gasteiger partial charge in [-0.25, -0.2) is 13.6 Å². The molecule has 5 nitrogen and oxygen atoms in total. The standard InChI is InChI=1S/C13H16F2N2O3/c14-10-2-1-9(7-11(10)15)17-12(18)16-8-13(19)3-5-20-6-4-13/h1-2,7,19H,3-6,8H2,(H2,16,17,18). The van der Waals surface area contributed by atoms with Crippen molar-refractivity contribution in [2.45, 2.75) is 18.4 Å². The summed E-state index contributed by atoms with van der Waals surface area (Å²) in [5.41, 5.74) is -0.843. The molecule has 1 aliphatic rings. The molecule has 1 aromatic carbocycles. The maximum absolute atomic E-state index is 13.0. The zero-order valence-electron chi connectivity index (χ0n) is 10.8. The Bertz CT molecular complexity index is 491. The van der Waals surface area contributed by atoms with Gasteiger partial charge < -0.3 is 20.5 Å². The third-order valence-corrected chi connectivity index (χ3v) is 3.18. The average Bonchev–Trinajstić information content (AvgIpc) is 2.42. The summed E-state index contributed by atoms with van der Waals surface area (Å²) in [6, 6.07) is 2.48. The number of hydrogen-bond acceptors (Lipinski definition) is 3. The summed E-state index contributed by atoms with van der Waals surface area (Å²) in [6.07, 6.45) is 0.886. The highest BCUT2D eigenvalue weighted by molar-refractivity contribution is 5.89. The van der Waals surface area contributed by atoms with E-state index >= 15 is 0 Å². The van der Waals surface area contributed by atoms with Crippen molar-refractivity contribution in [3.8, 4) is 0 Å². The van der Waals surface area contributed by atoms with E-state index in [0.717, 1.165) is 12.1 Å². The number of anilines is 1. The second-order valence-electron chi connectivity index (χ2n) is 4.77. The Morgan fingerprint density at radius 3 is 2.65 bits per heavy atom. The maximum atomic E-state index is 13.0. The summed E-state index contributed by atoms with van der Waals surface area (Å²) < 4.78 is 30.8. The van der Waals surface area contributed by atoms with Gasteiger partial charge in [-0.15, -0.1) is 0 Å². The van der Waals surface area contributed by atoms with Crippen molar-refractivity contribution in [3.05, 3.63) is 29.8 Å². The summed E-state index contributed by atoms with van der Waals surface area (Å²) in [4.78, 5) is 11.6. The number of rotatable bonds is 3. The van der Waals surface area contributed by atoms with Crippen LogP contribution in [-0.2, 0) is 4.74 Å². The van der Waals surface area contributed by atoms with Gasteiger partial charge in [-0.05, 0) is 12.1 Å². The summed E-state index contributed by atoms with van der Waals surface area (Å²) in [5, 5.41) is 15.0. The average molecular weight is 286 g/mol. The van der Waals surface area contributed by atoms with Gasteiger partial charge in [0, 0.05) is 44.4 Å². The van der Waals surface area contributed by atoms with Gasteiger partial charge in [0.05, 0.1) is 5.60 Å². The fourth-order valence-corrected chi connectivity index (χ4v) is 1.92. The lowest BCUT2D eigenvalue weighted by atomic mass is 9.94. The lowest BCUT2D eigenvalue weighted by Gasteiger charge is -2.32. The molecule has 0 unspecified atom stereocenters. The second kappa shape index (κ2) is 6.15. The first-order valence-electron chi connectivity index (χ1n) is 6.29. The number of ether oxygens (including phenoxy) is 1. The van der Waals surface area contributed by atoms with E-state index in [-0.39, 0.29) is 12.2 Å². The molecule has 110 valence electrons. The highest BCUT2D eigenvalue weighted by Gasteiger charge is 2.30.